The molecule has 12 fully saturated rings. The van der Waals surface area contributed by atoms with Crippen LogP contribution in [-0.4, -0.2) is 180 Å². The Labute approximate surface area is 648 Å². The first-order valence-corrected chi connectivity index (χ1v) is 44.5. The largest absolute Gasteiger partial charge is 0.358 e. The number of hydrogen-bond acceptors (Lipinski definition) is 0. The fraction of sp³-hybridized carbons (Fsp3) is 0.938. The third kappa shape index (κ3) is 24.4. The van der Waals surface area contributed by atoms with Crippen LogP contribution in [0.4, 0.5) is 0 Å². The standard InChI is InChI=1S/6C15H30N.6CH3/c1-12-8-9-13(2)16(15(4)14(12)3)10-6-5-7-11-16;1-12-10-16(8-6-5-7-9-16)11-13(2)15(4)14(12)3;1-12-10-14(3)16(8-6-5-7-9-16)11-13(2)15(12)4;1-12-10-13(2)15(4)16(11-14(12)3)8-6-5-7-9-16;1-12-10-13(2)14(3)15(4)16(11-12)8-6-5-7-9-16;1-12-10-13(2)15(4)16(14(3)11-12)8-6-5-7-9-16;;;;;;/h6*12-15H,5-11H2,1-4H3;6*1H3/q6*+1;6*-1. The Morgan fingerprint density at radius 3 is 1.00 bits per heavy atom. The molecule has 6 nitrogen and oxygen atoms in total. The van der Waals surface area contributed by atoms with Crippen LogP contribution in [0, 0.1) is 145 Å². The second-order valence-electron chi connectivity index (χ2n) is 40.7. The van der Waals surface area contributed by atoms with Crippen LogP contribution < -0.4 is 0 Å². The predicted octanol–water partition coefficient (Wildman–Crippen LogP) is 25.0. The highest BCUT2D eigenvalue weighted by molar-refractivity contribution is 4.84. The molecule has 612 valence electrons. The van der Waals surface area contributed by atoms with E-state index in [1.807, 2.05) is 0 Å². The van der Waals surface area contributed by atoms with Crippen molar-refractivity contribution >= 4 is 0 Å². The van der Waals surface area contributed by atoms with Gasteiger partial charge in [-0.1, -0.05) is 118 Å². The van der Waals surface area contributed by atoms with Gasteiger partial charge in [0.15, 0.2) is 0 Å². The van der Waals surface area contributed by atoms with Crippen LogP contribution in [0.25, 0.3) is 0 Å². The molecule has 0 aromatic carbocycles. The molecule has 0 aromatic heterocycles. The van der Waals surface area contributed by atoms with E-state index in [9.17, 15) is 0 Å². The maximum atomic E-state index is 2.54. The molecule has 0 N–H and O–H groups in total. The third-order valence-electron chi connectivity index (χ3n) is 34.7. The van der Waals surface area contributed by atoms with Gasteiger partial charge >= 0.3 is 0 Å². The van der Waals surface area contributed by atoms with Gasteiger partial charge in [0.25, 0.3) is 0 Å². The molecule has 6 spiro atoms. The third-order valence-corrected chi connectivity index (χ3v) is 34.7. The van der Waals surface area contributed by atoms with E-state index in [4.69, 9.17) is 0 Å². The molecule has 0 bridgehead atoms. The topological polar surface area (TPSA) is 0 Å². The minimum atomic E-state index is 0. The van der Waals surface area contributed by atoms with E-state index < -0.39 is 0 Å². The zero-order chi connectivity index (χ0) is 70.6. The van der Waals surface area contributed by atoms with Gasteiger partial charge in [0, 0.05) is 66.1 Å². The number of quaternary nitrogens is 6. The Hall–Kier alpha value is -0.240. The first kappa shape index (κ1) is 99.8. The molecule has 6 heteroatoms. The van der Waals surface area contributed by atoms with Crippen molar-refractivity contribution in [1.82, 2.24) is 0 Å². The van der Waals surface area contributed by atoms with Gasteiger partial charge in [-0.15, -0.1) is 0 Å². The van der Waals surface area contributed by atoms with Crippen molar-refractivity contribution in [3.8, 4) is 0 Å². The van der Waals surface area contributed by atoms with Crippen LogP contribution in [0.15, 0.2) is 0 Å². The van der Waals surface area contributed by atoms with E-state index in [2.05, 4.69) is 166 Å². The minimum Gasteiger partial charge on any atom is -0.358 e. The summed E-state index contributed by atoms with van der Waals surface area (Å²) < 4.78 is 8.71. The van der Waals surface area contributed by atoms with E-state index in [0.29, 0.717) is 0 Å². The van der Waals surface area contributed by atoms with Crippen molar-refractivity contribution in [3.63, 3.8) is 0 Å². The lowest BCUT2D eigenvalue weighted by Gasteiger charge is -2.51. The Kier molecular flexibility index (Phi) is 43.7. The van der Waals surface area contributed by atoms with E-state index >= 15 is 0 Å². The highest BCUT2D eigenvalue weighted by Gasteiger charge is 2.50. The van der Waals surface area contributed by atoms with Gasteiger partial charge in [-0.05, 0) is 243 Å². The quantitative estimate of drug-likeness (QED) is 0.168. The van der Waals surface area contributed by atoms with Crippen molar-refractivity contribution in [3.05, 3.63) is 44.6 Å². The molecule has 0 aliphatic carbocycles. The second-order valence-corrected chi connectivity index (χ2v) is 40.7. The normalized spacial score (nSPS) is 41.6. The van der Waals surface area contributed by atoms with Gasteiger partial charge in [0.2, 0.25) is 0 Å². The summed E-state index contributed by atoms with van der Waals surface area (Å²) in [5.74, 6) is 15.6. The molecule has 0 saturated carbocycles. The summed E-state index contributed by atoms with van der Waals surface area (Å²) in [5.41, 5.74) is 0. The second kappa shape index (κ2) is 44.7. The summed E-state index contributed by atoms with van der Waals surface area (Å²) in [5, 5.41) is 0. The zero-order valence-electron chi connectivity index (χ0n) is 76.2. The molecule has 12 rings (SSSR count). The monoisotopic (exact) mass is 1440 g/mol. The smallest absolute Gasteiger partial charge is 0.0892 e. The minimum absolute atomic E-state index is 0. The lowest BCUT2D eigenvalue weighted by atomic mass is 9.80. The summed E-state index contributed by atoms with van der Waals surface area (Å²) >= 11 is 0. The van der Waals surface area contributed by atoms with Crippen LogP contribution >= 0.6 is 0 Å². The Balaban J connectivity index is 0.000000605. The van der Waals surface area contributed by atoms with E-state index in [1.165, 1.54) is 299 Å². The van der Waals surface area contributed by atoms with Crippen molar-refractivity contribution < 1.29 is 26.9 Å². The summed E-state index contributed by atoms with van der Waals surface area (Å²) in [7, 11) is 0. The van der Waals surface area contributed by atoms with Gasteiger partial charge in [-0.3, -0.25) is 0 Å². The van der Waals surface area contributed by atoms with Crippen LogP contribution in [0.5, 0.6) is 0 Å². The van der Waals surface area contributed by atoms with Gasteiger partial charge in [0.05, 0.1) is 154 Å². The first-order valence-electron chi connectivity index (χ1n) is 44.5. The van der Waals surface area contributed by atoms with E-state index in [0.717, 1.165) is 143 Å². The summed E-state index contributed by atoms with van der Waals surface area (Å²) in [6, 6.07) is 6.27. The van der Waals surface area contributed by atoms with Crippen LogP contribution in [0.3, 0.4) is 0 Å². The van der Waals surface area contributed by atoms with Crippen LogP contribution in [0.2, 0.25) is 0 Å². The molecular weight excluding hydrogens is 1240 g/mol. The maximum absolute atomic E-state index is 2.54. The number of rotatable bonds is 0. The molecule has 24 unspecified atom stereocenters. The fourth-order valence-electron chi connectivity index (χ4n) is 26.0. The van der Waals surface area contributed by atoms with Crippen molar-refractivity contribution in [2.75, 3.05) is 111 Å². The molecule has 12 heterocycles. The Morgan fingerprint density at radius 2 is 0.539 bits per heavy atom. The van der Waals surface area contributed by atoms with Crippen molar-refractivity contribution in [1.29, 1.82) is 0 Å². The van der Waals surface area contributed by atoms with E-state index in [-0.39, 0.29) is 44.6 Å². The van der Waals surface area contributed by atoms with Gasteiger partial charge < -0.3 is 71.5 Å². The van der Waals surface area contributed by atoms with Crippen LogP contribution in [-0.2, 0) is 0 Å². The molecule has 12 aliphatic heterocycles. The summed E-state index contributed by atoms with van der Waals surface area (Å²) in [6.45, 7) is 84.7. The molecule has 0 aromatic rings. The Bertz CT molecular complexity index is 2110. The molecule has 24 atom stereocenters. The lowest BCUT2D eigenvalue weighted by molar-refractivity contribution is -0.976. The molecule has 0 radical (unpaired) electrons. The molecule has 12 aliphatic rings. The highest BCUT2D eigenvalue weighted by Crippen LogP contribution is 2.44. The average Bonchev–Trinajstić information content (AvgIpc) is 1.55. The highest BCUT2D eigenvalue weighted by atomic mass is 15.4. The summed E-state index contributed by atoms with van der Waals surface area (Å²) in [6.07, 6.45) is 36.7. The number of nitrogens with zero attached hydrogens (tertiary/aromatic N) is 6. The zero-order valence-corrected chi connectivity index (χ0v) is 76.2. The van der Waals surface area contributed by atoms with Crippen molar-refractivity contribution in [2.24, 2.45) is 101 Å². The molecule has 102 heavy (non-hydrogen) atoms. The SMILES string of the molecule is CC1CC(C)C(C)C(C)[N+]2(CCCCC2)C1.CC1CC(C)C(C)[N+]2(CCCCC2)C(C)C1.CC1CC(C)C(C)[N+]2(CCCCC2)CC1C.CC1CC(C)[N+]2(CCCCC2)CC(C)C1C.CC1CCC(C)[N+]2(CCCCC2)C(C)C1C.CC1C[N+]2(CCCCC2)CC(C)C(C)C1C.[CH3-].[CH3-].[CH3-].[CH3-].[CH3-].[CH3-]. The Morgan fingerprint density at radius 1 is 0.186 bits per heavy atom. The van der Waals surface area contributed by atoms with E-state index in [1.54, 1.807) is 0 Å². The first-order chi connectivity index (χ1) is 45.3. The maximum Gasteiger partial charge on any atom is 0.0892 e. The fourth-order valence-corrected chi connectivity index (χ4v) is 26.0. The van der Waals surface area contributed by atoms with Crippen molar-refractivity contribution in [2.45, 2.75) is 369 Å². The molecule has 0 amide bonds. The lowest BCUT2D eigenvalue weighted by Crippen LogP contribution is -2.62. The van der Waals surface area contributed by atoms with Gasteiger partial charge in [-0.25, -0.2) is 0 Å². The van der Waals surface area contributed by atoms with Gasteiger partial charge in [0.1, 0.15) is 0 Å². The molecule has 12 saturated heterocycles. The number of piperidine rings is 6. The summed E-state index contributed by atoms with van der Waals surface area (Å²) in [4.78, 5) is 0. The average molecular weight is 1440 g/mol. The molecular formula is C96H198N6. The number of hydrogen-bond donors (Lipinski definition) is 0. The van der Waals surface area contributed by atoms with Crippen LogP contribution in [0.1, 0.15) is 327 Å². The van der Waals surface area contributed by atoms with Gasteiger partial charge in [-0.2, -0.15) is 0 Å². The predicted molar refractivity (Wildman–Crippen MR) is 460 cm³/mol.